The third-order valence-corrected chi connectivity index (χ3v) is 8.16. The van der Waals surface area contributed by atoms with E-state index in [2.05, 4.69) is 20.3 Å². The molecule has 4 heterocycles. The van der Waals surface area contributed by atoms with E-state index in [1.54, 1.807) is 13.2 Å². The monoisotopic (exact) mass is 484 g/mol. The third kappa shape index (κ3) is 4.47. The van der Waals surface area contributed by atoms with Crippen molar-refractivity contribution >= 4 is 45.8 Å². The van der Waals surface area contributed by atoms with Crippen LogP contribution in [0.2, 0.25) is 0 Å². The number of aryl methyl sites for hydroxylation is 1. The number of aromatic nitrogens is 3. The topological polar surface area (TPSA) is 103 Å². The fourth-order valence-electron chi connectivity index (χ4n) is 3.85. The molecule has 2 fully saturated rings. The van der Waals surface area contributed by atoms with Gasteiger partial charge < -0.3 is 14.8 Å². The molecule has 1 N–H and O–H groups in total. The van der Waals surface area contributed by atoms with Crippen molar-refractivity contribution in [1.82, 2.24) is 20.3 Å². The second kappa shape index (κ2) is 9.00. The van der Waals surface area contributed by atoms with E-state index < -0.39 is 5.41 Å². The Hall–Kier alpha value is -2.56. The standard InChI is InChI=1S/C23H24N4O4S2/c1-13-24-15-5-8-19(30-2)27-20(15)21(25-13)32-11-16(28)17-6-7-18(33-17)23(9-10-31-12-23)22(29)26-14-3-4-14/h5-8,14H,3-4,9-12H2,1-2H3,(H,26,29)/t23-/m0/s1. The fourth-order valence-corrected chi connectivity index (χ4v) is 5.99. The third-order valence-electron chi connectivity index (χ3n) is 5.87. The fraction of sp³-hybridized carbons (Fsp3) is 0.435. The molecule has 1 aliphatic carbocycles. The molecule has 3 aromatic rings. The zero-order chi connectivity index (χ0) is 23.0. The lowest BCUT2D eigenvalue weighted by atomic mass is 9.84. The number of Topliss-reactive ketones (excluding diaryl/α,β-unsaturated/α-hetero) is 1. The summed E-state index contributed by atoms with van der Waals surface area (Å²) in [5, 5.41) is 3.76. The molecule has 0 unspecified atom stereocenters. The van der Waals surface area contributed by atoms with Crippen LogP contribution < -0.4 is 10.1 Å². The van der Waals surface area contributed by atoms with Crippen molar-refractivity contribution in [3.63, 3.8) is 0 Å². The lowest BCUT2D eigenvalue weighted by Gasteiger charge is -2.24. The van der Waals surface area contributed by atoms with Crippen LogP contribution in [0, 0.1) is 6.92 Å². The van der Waals surface area contributed by atoms with Gasteiger partial charge in [0.1, 0.15) is 21.8 Å². The van der Waals surface area contributed by atoms with Gasteiger partial charge in [0.25, 0.3) is 0 Å². The van der Waals surface area contributed by atoms with Crippen LogP contribution in [0.3, 0.4) is 0 Å². The largest absolute Gasteiger partial charge is 0.481 e. The number of thioether (sulfide) groups is 1. The number of nitrogens with one attached hydrogen (secondary N) is 1. The SMILES string of the molecule is COc1ccc2nc(C)nc(SCC(=O)c3ccc([C@]4(C(=O)NC5CC5)CCOC4)s3)c2n1. The molecule has 0 aromatic carbocycles. The predicted octanol–water partition coefficient (Wildman–Crippen LogP) is 3.32. The molecule has 8 nitrogen and oxygen atoms in total. The minimum Gasteiger partial charge on any atom is -0.481 e. The molecular weight excluding hydrogens is 460 g/mol. The number of rotatable bonds is 8. The van der Waals surface area contributed by atoms with Gasteiger partial charge in [-0.15, -0.1) is 11.3 Å². The predicted molar refractivity (Wildman–Crippen MR) is 126 cm³/mol. The molecule has 3 aromatic heterocycles. The van der Waals surface area contributed by atoms with E-state index in [1.165, 1.54) is 23.1 Å². The van der Waals surface area contributed by atoms with Crippen molar-refractivity contribution < 1.29 is 19.1 Å². The van der Waals surface area contributed by atoms with Crippen LogP contribution in [0.25, 0.3) is 11.0 Å². The number of pyridine rings is 1. The van der Waals surface area contributed by atoms with E-state index >= 15 is 0 Å². The highest BCUT2D eigenvalue weighted by Gasteiger charge is 2.46. The van der Waals surface area contributed by atoms with Crippen LogP contribution in [0.4, 0.5) is 0 Å². The number of ketones is 1. The molecule has 33 heavy (non-hydrogen) atoms. The molecule has 1 saturated carbocycles. The average molecular weight is 485 g/mol. The van der Waals surface area contributed by atoms with Gasteiger partial charge >= 0.3 is 0 Å². The Labute approximate surface area is 199 Å². The summed E-state index contributed by atoms with van der Waals surface area (Å²) in [6.07, 6.45) is 2.70. The number of hydrogen-bond donors (Lipinski definition) is 1. The average Bonchev–Trinajstić information content (AvgIpc) is 3.28. The van der Waals surface area contributed by atoms with E-state index in [-0.39, 0.29) is 23.5 Å². The van der Waals surface area contributed by atoms with E-state index in [0.29, 0.717) is 52.3 Å². The summed E-state index contributed by atoms with van der Waals surface area (Å²) in [6, 6.07) is 7.59. The number of amides is 1. The van der Waals surface area contributed by atoms with Crippen molar-refractivity contribution in [2.24, 2.45) is 0 Å². The van der Waals surface area contributed by atoms with Gasteiger partial charge in [-0.3, -0.25) is 9.59 Å². The molecule has 1 aliphatic heterocycles. The molecule has 1 saturated heterocycles. The minimum absolute atomic E-state index is 0.0137. The summed E-state index contributed by atoms with van der Waals surface area (Å²) < 4.78 is 10.8. The maximum absolute atomic E-state index is 13.0. The van der Waals surface area contributed by atoms with Gasteiger partial charge in [0.2, 0.25) is 11.8 Å². The Bertz CT molecular complexity index is 1220. The van der Waals surface area contributed by atoms with Crippen LogP contribution >= 0.6 is 23.1 Å². The molecular formula is C23H24N4O4S2. The lowest BCUT2D eigenvalue weighted by molar-refractivity contribution is -0.126. The van der Waals surface area contributed by atoms with Gasteiger partial charge in [0.05, 0.1) is 29.9 Å². The van der Waals surface area contributed by atoms with Gasteiger partial charge in [-0.05, 0) is 44.4 Å². The quantitative estimate of drug-likeness (QED) is 0.295. The molecule has 10 heteroatoms. The first-order valence-corrected chi connectivity index (χ1v) is 12.6. The summed E-state index contributed by atoms with van der Waals surface area (Å²) >= 11 is 2.72. The maximum atomic E-state index is 13.0. The molecule has 172 valence electrons. The van der Waals surface area contributed by atoms with E-state index in [1.807, 2.05) is 25.1 Å². The summed E-state index contributed by atoms with van der Waals surface area (Å²) in [5.74, 6) is 1.30. The van der Waals surface area contributed by atoms with Crippen LogP contribution in [0.5, 0.6) is 5.88 Å². The Morgan fingerprint density at radius 2 is 2.09 bits per heavy atom. The first-order chi connectivity index (χ1) is 16.0. The highest BCUT2D eigenvalue weighted by atomic mass is 32.2. The van der Waals surface area contributed by atoms with Crippen LogP contribution in [-0.4, -0.2) is 58.8 Å². The first kappa shape index (κ1) is 22.2. The molecule has 2 aliphatic rings. The Balaban J connectivity index is 1.34. The Kier molecular flexibility index (Phi) is 6.07. The number of carbonyl (C=O) groups is 2. The van der Waals surface area contributed by atoms with Gasteiger partial charge in [0, 0.05) is 23.6 Å². The molecule has 1 atom stereocenters. The number of nitrogens with zero attached hydrogens (tertiary/aromatic N) is 3. The van der Waals surface area contributed by atoms with Crippen LogP contribution in [-0.2, 0) is 14.9 Å². The zero-order valence-corrected chi connectivity index (χ0v) is 20.1. The highest BCUT2D eigenvalue weighted by Crippen LogP contribution is 2.39. The first-order valence-electron chi connectivity index (χ1n) is 10.8. The van der Waals surface area contributed by atoms with Crippen molar-refractivity contribution in [2.75, 3.05) is 26.1 Å². The summed E-state index contributed by atoms with van der Waals surface area (Å²) in [7, 11) is 1.56. The van der Waals surface area contributed by atoms with E-state index in [9.17, 15) is 9.59 Å². The van der Waals surface area contributed by atoms with Gasteiger partial charge in [-0.1, -0.05) is 11.8 Å². The smallest absolute Gasteiger partial charge is 0.234 e. The zero-order valence-electron chi connectivity index (χ0n) is 18.4. The molecule has 0 spiro atoms. The second-order valence-electron chi connectivity index (χ2n) is 8.31. The molecule has 5 rings (SSSR count). The minimum atomic E-state index is -0.695. The van der Waals surface area contributed by atoms with E-state index in [0.717, 1.165) is 17.7 Å². The number of thiophene rings is 1. The van der Waals surface area contributed by atoms with Crippen molar-refractivity contribution in [1.29, 1.82) is 0 Å². The van der Waals surface area contributed by atoms with Gasteiger partial charge in [-0.2, -0.15) is 0 Å². The van der Waals surface area contributed by atoms with Gasteiger partial charge in [-0.25, -0.2) is 15.0 Å². The van der Waals surface area contributed by atoms with Crippen LogP contribution in [0.1, 0.15) is 39.6 Å². The molecule has 1 amide bonds. The number of carbonyl (C=O) groups excluding carboxylic acids is 2. The number of methoxy groups -OCH3 is 1. The maximum Gasteiger partial charge on any atom is 0.234 e. The van der Waals surface area contributed by atoms with Crippen molar-refractivity contribution in [2.45, 2.75) is 42.7 Å². The summed E-state index contributed by atoms with van der Waals surface area (Å²) in [6.45, 7) is 2.72. The second-order valence-corrected chi connectivity index (χ2v) is 10.4. The normalized spacial score (nSPS) is 20.2. The van der Waals surface area contributed by atoms with Crippen molar-refractivity contribution in [3.8, 4) is 5.88 Å². The molecule has 0 bridgehead atoms. The van der Waals surface area contributed by atoms with Crippen LogP contribution in [0.15, 0.2) is 29.3 Å². The van der Waals surface area contributed by atoms with Crippen molar-refractivity contribution in [3.05, 3.63) is 39.8 Å². The number of fused-ring (bicyclic) bond motifs is 1. The lowest BCUT2D eigenvalue weighted by Crippen LogP contribution is -2.45. The summed E-state index contributed by atoms with van der Waals surface area (Å²) in [4.78, 5) is 40.9. The number of ether oxygens (including phenoxy) is 2. The Morgan fingerprint density at radius 3 is 2.82 bits per heavy atom. The number of hydrogen-bond acceptors (Lipinski definition) is 9. The van der Waals surface area contributed by atoms with Gasteiger partial charge in [0.15, 0.2) is 5.78 Å². The summed E-state index contributed by atoms with van der Waals surface area (Å²) in [5.41, 5.74) is 0.629. The molecule has 0 radical (unpaired) electrons. The highest BCUT2D eigenvalue weighted by molar-refractivity contribution is 8.00. The Morgan fingerprint density at radius 1 is 1.24 bits per heavy atom. The van der Waals surface area contributed by atoms with E-state index in [4.69, 9.17) is 9.47 Å².